The third kappa shape index (κ3) is 2.70. The minimum atomic E-state index is -0.679. The van der Waals surface area contributed by atoms with E-state index in [4.69, 9.17) is 0 Å². The maximum absolute atomic E-state index is 13.9. The van der Waals surface area contributed by atoms with E-state index in [1.165, 1.54) is 19.3 Å². The molecule has 1 saturated heterocycles. The van der Waals surface area contributed by atoms with E-state index in [0.29, 0.717) is 18.6 Å². The van der Waals surface area contributed by atoms with Crippen molar-refractivity contribution in [2.45, 2.75) is 63.8 Å². The summed E-state index contributed by atoms with van der Waals surface area (Å²) >= 11 is 0. The first-order valence-corrected chi connectivity index (χ1v) is 6.31. The Hall–Kier alpha value is -0.150. The molecule has 0 bridgehead atoms. The summed E-state index contributed by atoms with van der Waals surface area (Å²) < 4.78 is 13.9. The van der Waals surface area contributed by atoms with Crippen LogP contribution < -0.4 is 5.32 Å². The molecule has 2 rings (SSSR count). The van der Waals surface area contributed by atoms with Crippen LogP contribution in [-0.2, 0) is 0 Å². The molecule has 2 atom stereocenters. The standard InChI is InChI=1S/C12H23FN2/c1-9(2)14-12-6-7-15(8-11(12)13)10-4-3-5-10/h9-12,14H,3-8H2,1-2H3/t11-,12-/m0/s1. The molecule has 0 aromatic rings. The second-order valence-corrected chi connectivity index (χ2v) is 5.31. The summed E-state index contributed by atoms with van der Waals surface area (Å²) in [6.45, 7) is 5.90. The van der Waals surface area contributed by atoms with Crippen molar-refractivity contribution in [3.05, 3.63) is 0 Å². The molecule has 1 heterocycles. The van der Waals surface area contributed by atoms with Crippen LogP contribution in [0, 0.1) is 0 Å². The van der Waals surface area contributed by atoms with E-state index >= 15 is 0 Å². The lowest BCUT2D eigenvalue weighted by Crippen LogP contribution is -2.55. The minimum absolute atomic E-state index is 0.0846. The fraction of sp³-hybridized carbons (Fsp3) is 1.00. The Labute approximate surface area is 92.2 Å². The minimum Gasteiger partial charge on any atom is -0.309 e. The highest BCUT2D eigenvalue weighted by molar-refractivity contribution is 4.91. The largest absolute Gasteiger partial charge is 0.309 e. The van der Waals surface area contributed by atoms with Crippen LogP contribution in [-0.4, -0.2) is 42.3 Å². The number of likely N-dealkylation sites (tertiary alicyclic amines) is 1. The van der Waals surface area contributed by atoms with Gasteiger partial charge < -0.3 is 5.32 Å². The summed E-state index contributed by atoms with van der Waals surface area (Å²) in [5, 5.41) is 3.33. The topological polar surface area (TPSA) is 15.3 Å². The van der Waals surface area contributed by atoms with E-state index < -0.39 is 6.17 Å². The van der Waals surface area contributed by atoms with Crippen molar-refractivity contribution in [3.63, 3.8) is 0 Å². The average Bonchev–Trinajstić information content (AvgIpc) is 2.06. The highest BCUT2D eigenvalue weighted by Gasteiger charge is 2.34. The molecule has 15 heavy (non-hydrogen) atoms. The molecule has 1 aliphatic heterocycles. The van der Waals surface area contributed by atoms with Crippen LogP contribution in [0.15, 0.2) is 0 Å². The number of hydrogen-bond acceptors (Lipinski definition) is 2. The average molecular weight is 214 g/mol. The Bertz CT molecular complexity index is 204. The van der Waals surface area contributed by atoms with Gasteiger partial charge in [-0.05, 0) is 19.3 Å². The van der Waals surface area contributed by atoms with Crippen molar-refractivity contribution in [2.75, 3.05) is 13.1 Å². The van der Waals surface area contributed by atoms with E-state index in [-0.39, 0.29) is 6.04 Å². The number of piperidine rings is 1. The van der Waals surface area contributed by atoms with E-state index in [1.54, 1.807) is 0 Å². The van der Waals surface area contributed by atoms with Gasteiger partial charge in [0.25, 0.3) is 0 Å². The molecule has 88 valence electrons. The maximum Gasteiger partial charge on any atom is 0.128 e. The first-order chi connectivity index (χ1) is 7.16. The molecule has 0 radical (unpaired) electrons. The Morgan fingerprint density at radius 2 is 2.00 bits per heavy atom. The van der Waals surface area contributed by atoms with E-state index in [9.17, 15) is 4.39 Å². The molecule has 0 spiro atoms. The molecule has 2 nitrogen and oxygen atoms in total. The van der Waals surface area contributed by atoms with Crippen LogP contribution in [0.5, 0.6) is 0 Å². The smallest absolute Gasteiger partial charge is 0.128 e. The molecule has 1 saturated carbocycles. The number of rotatable bonds is 3. The predicted molar refractivity (Wildman–Crippen MR) is 60.8 cm³/mol. The van der Waals surface area contributed by atoms with Crippen molar-refractivity contribution in [1.82, 2.24) is 10.2 Å². The molecule has 0 amide bonds. The van der Waals surface area contributed by atoms with Gasteiger partial charge in [-0.25, -0.2) is 4.39 Å². The Kier molecular flexibility index (Phi) is 3.62. The van der Waals surface area contributed by atoms with Gasteiger partial charge in [-0.1, -0.05) is 20.3 Å². The SMILES string of the molecule is CC(C)N[C@H]1CCN(C2CCC2)C[C@@H]1F. The van der Waals surface area contributed by atoms with Crippen molar-refractivity contribution < 1.29 is 4.39 Å². The van der Waals surface area contributed by atoms with Crippen LogP contribution in [0.25, 0.3) is 0 Å². The van der Waals surface area contributed by atoms with Gasteiger partial charge in [0.2, 0.25) is 0 Å². The third-order valence-electron chi connectivity index (χ3n) is 3.71. The molecular formula is C12H23FN2. The maximum atomic E-state index is 13.9. The normalized spacial score (nSPS) is 34.4. The van der Waals surface area contributed by atoms with Gasteiger partial charge in [0, 0.05) is 31.2 Å². The van der Waals surface area contributed by atoms with E-state index in [2.05, 4.69) is 24.1 Å². The summed E-state index contributed by atoms with van der Waals surface area (Å²) in [7, 11) is 0. The number of halogens is 1. The molecule has 3 heteroatoms. The van der Waals surface area contributed by atoms with Crippen molar-refractivity contribution in [1.29, 1.82) is 0 Å². The lowest BCUT2D eigenvalue weighted by molar-refractivity contribution is 0.0407. The number of nitrogens with zero attached hydrogens (tertiary/aromatic N) is 1. The number of hydrogen-bond donors (Lipinski definition) is 1. The van der Waals surface area contributed by atoms with Gasteiger partial charge in [-0.3, -0.25) is 4.90 Å². The van der Waals surface area contributed by atoms with Gasteiger partial charge in [-0.15, -0.1) is 0 Å². The summed E-state index contributed by atoms with van der Waals surface area (Å²) in [6.07, 6.45) is 4.20. The van der Waals surface area contributed by atoms with Crippen LogP contribution in [0.2, 0.25) is 0 Å². The van der Waals surface area contributed by atoms with Gasteiger partial charge >= 0.3 is 0 Å². The molecule has 2 aliphatic rings. The second-order valence-electron chi connectivity index (χ2n) is 5.31. The van der Waals surface area contributed by atoms with Crippen LogP contribution in [0.1, 0.15) is 39.5 Å². The van der Waals surface area contributed by atoms with Crippen LogP contribution in [0.4, 0.5) is 4.39 Å². The molecular weight excluding hydrogens is 191 g/mol. The lowest BCUT2D eigenvalue weighted by Gasteiger charge is -2.43. The lowest BCUT2D eigenvalue weighted by atomic mass is 9.89. The van der Waals surface area contributed by atoms with Gasteiger partial charge in [0.15, 0.2) is 0 Å². The van der Waals surface area contributed by atoms with Gasteiger partial charge in [0.1, 0.15) is 6.17 Å². The van der Waals surface area contributed by atoms with Crippen molar-refractivity contribution in [3.8, 4) is 0 Å². The van der Waals surface area contributed by atoms with Gasteiger partial charge in [0.05, 0.1) is 0 Å². The summed E-state index contributed by atoms with van der Waals surface area (Å²) in [5.41, 5.74) is 0. The van der Waals surface area contributed by atoms with Gasteiger partial charge in [-0.2, -0.15) is 0 Å². The Balaban J connectivity index is 1.79. The Morgan fingerprint density at radius 3 is 2.47 bits per heavy atom. The number of alkyl halides is 1. The molecule has 0 aromatic carbocycles. The zero-order valence-electron chi connectivity index (χ0n) is 9.88. The molecule has 0 aromatic heterocycles. The number of nitrogens with one attached hydrogen (secondary N) is 1. The molecule has 1 N–H and O–H groups in total. The zero-order chi connectivity index (χ0) is 10.8. The first kappa shape index (κ1) is 11.3. The summed E-state index contributed by atoms with van der Waals surface area (Å²) in [4.78, 5) is 2.35. The van der Waals surface area contributed by atoms with Crippen LogP contribution >= 0.6 is 0 Å². The zero-order valence-corrected chi connectivity index (χ0v) is 9.88. The van der Waals surface area contributed by atoms with Crippen molar-refractivity contribution in [2.24, 2.45) is 0 Å². The molecule has 1 aliphatic carbocycles. The fourth-order valence-electron chi connectivity index (χ4n) is 2.63. The van der Waals surface area contributed by atoms with E-state index in [1.807, 2.05) is 0 Å². The monoisotopic (exact) mass is 214 g/mol. The van der Waals surface area contributed by atoms with Crippen molar-refractivity contribution >= 4 is 0 Å². The highest BCUT2D eigenvalue weighted by Crippen LogP contribution is 2.28. The quantitative estimate of drug-likeness (QED) is 0.772. The van der Waals surface area contributed by atoms with Crippen LogP contribution in [0.3, 0.4) is 0 Å². The fourth-order valence-corrected chi connectivity index (χ4v) is 2.63. The second kappa shape index (κ2) is 4.79. The molecule has 2 fully saturated rings. The third-order valence-corrected chi connectivity index (χ3v) is 3.71. The highest BCUT2D eigenvalue weighted by atomic mass is 19.1. The van der Waals surface area contributed by atoms with E-state index in [0.717, 1.165) is 13.0 Å². The summed E-state index contributed by atoms with van der Waals surface area (Å²) in [6, 6.07) is 1.17. The summed E-state index contributed by atoms with van der Waals surface area (Å²) in [5.74, 6) is 0. The molecule has 0 unspecified atom stereocenters. The predicted octanol–water partition coefficient (Wildman–Crippen LogP) is 1.95. The Morgan fingerprint density at radius 1 is 1.27 bits per heavy atom. The first-order valence-electron chi connectivity index (χ1n) is 6.31.